The van der Waals surface area contributed by atoms with Crippen molar-refractivity contribution in [3.63, 3.8) is 0 Å². The Morgan fingerprint density at radius 1 is 1.13 bits per heavy atom. The van der Waals surface area contributed by atoms with Crippen LogP contribution in [0.4, 0.5) is 0 Å². The van der Waals surface area contributed by atoms with Gasteiger partial charge in [-0.2, -0.15) is 5.01 Å². The van der Waals surface area contributed by atoms with Gasteiger partial charge in [-0.15, -0.1) is 0 Å². The second-order valence-electron chi connectivity index (χ2n) is 5.92. The zero-order valence-electron chi connectivity index (χ0n) is 16.2. The fourth-order valence-electron chi connectivity index (χ4n) is 2.65. The van der Waals surface area contributed by atoms with Gasteiger partial charge in [-0.05, 0) is 76.2 Å². The van der Waals surface area contributed by atoms with Crippen LogP contribution in [0.1, 0.15) is 15.9 Å². The number of rotatable bonds is 6. The average molecular weight is 509 g/mol. The molecule has 1 heterocycles. The number of thiocarbonyl (C=S) groups is 1. The van der Waals surface area contributed by atoms with E-state index in [4.69, 9.17) is 26.4 Å². The van der Waals surface area contributed by atoms with Crippen molar-refractivity contribution in [1.82, 2.24) is 10.4 Å². The first-order valence-electron chi connectivity index (χ1n) is 8.52. The van der Waals surface area contributed by atoms with Crippen LogP contribution in [-0.4, -0.2) is 42.5 Å². The van der Waals surface area contributed by atoms with Gasteiger partial charge in [0.2, 0.25) is 0 Å². The van der Waals surface area contributed by atoms with Gasteiger partial charge >= 0.3 is 0 Å². The minimum atomic E-state index is -0.455. The van der Waals surface area contributed by atoms with Crippen molar-refractivity contribution < 1.29 is 23.8 Å². The normalized spacial score (nSPS) is 14.8. The first kappa shape index (κ1) is 22.1. The van der Waals surface area contributed by atoms with Crippen LogP contribution in [0.25, 0.3) is 6.08 Å². The lowest BCUT2D eigenvalue weighted by molar-refractivity contribution is -0.123. The van der Waals surface area contributed by atoms with Crippen molar-refractivity contribution in [2.75, 3.05) is 21.3 Å². The van der Waals surface area contributed by atoms with Crippen molar-refractivity contribution in [3.05, 3.63) is 56.9 Å². The molecule has 0 radical (unpaired) electrons. The van der Waals surface area contributed by atoms with E-state index < -0.39 is 11.8 Å². The maximum Gasteiger partial charge on any atom is 0.285 e. The predicted molar refractivity (Wildman–Crippen MR) is 123 cm³/mol. The van der Waals surface area contributed by atoms with Gasteiger partial charge in [-0.3, -0.25) is 15.0 Å². The lowest BCUT2D eigenvalue weighted by Gasteiger charge is -2.15. The molecular formula is C20H17BrN2O5S2. The number of nitrogens with one attached hydrogen (secondary N) is 1. The molecule has 3 rings (SSSR count). The number of ether oxygens (including phenoxy) is 3. The number of halogens is 1. The summed E-state index contributed by atoms with van der Waals surface area (Å²) in [6.07, 6.45) is 1.67. The fourth-order valence-corrected chi connectivity index (χ4v) is 4.45. The van der Waals surface area contributed by atoms with Gasteiger partial charge in [-0.25, -0.2) is 0 Å². The molecule has 1 N–H and O–H groups in total. The molecule has 0 aromatic heterocycles. The third kappa shape index (κ3) is 4.61. The first-order valence-corrected chi connectivity index (χ1v) is 10.5. The first-order chi connectivity index (χ1) is 14.4. The van der Waals surface area contributed by atoms with Gasteiger partial charge in [-0.1, -0.05) is 11.8 Å². The number of thioether (sulfide) groups is 1. The quantitative estimate of drug-likeness (QED) is 0.466. The molecular weight excluding hydrogens is 492 g/mol. The van der Waals surface area contributed by atoms with E-state index in [0.29, 0.717) is 37.8 Å². The van der Waals surface area contributed by atoms with E-state index in [1.165, 1.54) is 7.11 Å². The fraction of sp³-hybridized carbons (Fsp3) is 0.150. The van der Waals surface area contributed by atoms with Crippen molar-refractivity contribution in [3.8, 4) is 17.2 Å². The SMILES string of the molecule is COc1ccc(C(=O)NN2C(=O)/C(=C\c3cc(Br)c(OC)c(OC)c3)SC2=S)cc1. The van der Waals surface area contributed by atoms with Gasteiger partial charge < -0.3 is 14.2 Å². The molecule has 1 saturated heterocycles. The summed E-state index contributed by atoms with van der Waals surface area (Å²) in [5, 5.41) is 1.06. The zero-order valence-corrected chi connectivity index (χ0v) is 19.4. The third-order valence-electron chi connectivity index (χ3n) is 4.11. The number of nitrogens with zero attached hydrogens (tertiary/aromatic N) is 1. The monoisotopic (exact) mass is 508 g/mol. The highest BCUT2D eigenvalue weighted by atomic mass is 79.9. The molecule has 7 nitrogen and oxygen atoms in total. The molecule has 1 aliphatic heterocycles. The number of amides is 2. The molecule has 2 aromatic rings. The van der Waals surface area contributed by atoms with Crippen molar-refractivity contribution >= 4 is 62.1 Å². The number of methoxy groups -OCH3 is 3. The number of carbonyl (C=O) groups is 2. The molecule has 1 aliphatic rings. The van der Waals surface area contributed by atoms with Crippen LogP contribution in [0.3, 0.4) is 0 Å². The molecule has 1 fully saturated rings. The van der Waals surface area contributed by atoms with Crippen LogP contribution in [0, 0.1) is 0 Å². The number of carbonyl (C=O) groups excluding carboxylic acids is 2. The molecule has 2 aromatic carbocycles. The highest BCUT2D eigenvalue weighted by Crippen LogP contribution is 2.38. The molecule has 0 atom stereocenters. The summed E-state index contributed by atoms with van der Waals surface area (Å²) in [5.74, 6) is 0.818. The van der Waals surface area contributed by atoms with Crippen LogP contribution in [0.15, 0.2) is 45.8 Å². The van der Waals surface area contributed by atoms with Crippen molar-refractivity contribution in [2.45, 2.75) is 0 Å². The Labute approximate surface area is 191 Å². The second kappa shape index (κ2) is 9.50. The number of hydrazine groups is 1. The Bertz CT molecular complexity index is 1040. The van der Waals surface area contributed by atoms with E-state index in [1.54, 1.807) is 56.7 Å². The van der Waals surface area contributed by atoms with E-state index in [9.17, 15) is 9.59 Å². The smallest absolute Gasteiger partial charge is 0.285 e. The van der Waals surface area contributed by atoms with E-state index in [-0.39, 0.29) is 4.32 Å². The Balaban J connectivity index is 1.80. The van der Waals surface area contributed by atoms with E-state index >= 15 is 0 Å². The highest BCUT2D eigenvalue weighted by molar-refractivity contribution is 9.10. The number of hydrogen-bond donors (Lipinski definition) is 1. The Morgan fingerprint density at radius 2 is 1.83 bits per heavy atom. The van der Waals surface area contributed by atoms with Gasteiger partial charge in [0.1, 0.15) is 5.75 Å². The van der Waals surface area contributed by atoms with Crippen LogP contribution in [0.2, 0.25) is 0 Å². The van der Waals surface area contributed by atoms with Crippen molar-refractivity contribution in [1.29, 1.82) is 0 Å². The summed E-state index contributed by atoms with van der Waals surface area (Å²) in [6, 6.07) is 10.1. The summed E-state index contributed by atoms with van der Waals surface area (Å²) in [5.41, 5.74) is 3.63. The lowest BCUT2D eigenvalue weighted by atomic mass is 10.2. The molecule has 0 saturated carbocycles. The van der Waals surface area contributed by atoms with E-state index in [0.717, 1.165) is 16.8 Å². The number of hydrogen-bond acceptors (Lipinski definition) is 7. The van der Waals surface area contributed by atoms with Gasteiger partial charge in [0.25, 0.3) is 11.8 Å². The van der Waals surface area contributed by atoms with Gasteiger partial charge in [0, 0.05) is 5.56 Å². The third-order valence-corrected chi connectivity index (χ3v) is 6.00. The highest BCUT2D eigenvalue weighted by Gasteiger charge is 2.34. The Morgan fingerprint density at radius 3 is 2.43 bits per heavy atom. The Kier molecular flexibility index (Phi) is 7.01. The lowest BCUT2D eigenvalue weighted by Crippen LogP contribution is -2.44. The Hall–Kier alpha value is -2.56. The maximum absolute atomic E-state index is 12.8. The van der Waals surface area contributed by atoms with Crippen molar-refractivity contribution in [2.24, 2.45) is 0 Å². The van der Waals surface area contributed by atoms with Gasteiger partial charge in [0.05, 0.1) is 30.7 Å². The molecule has 30 heavy (non-hydrogen) atoms. The summed E-state index contributed by atoms with van der Waals surface area (Å²) in [7, 11) is 4.61. The van der Waals surface area contributed by atoms with Crippen LogP contribution >= 0.6 is 39.9 Å². The molecule has 10 heteroatoms. The summed E-state index contributed by atoms with van der Waals surface area (Å²) >= 11 is 9.80. The van der Waals surface area contributed by atoms with Crippen LogP contribution in [-0.2, 0) is 4.79 Å². The molecule has 0 aliphatic carbocycles. The van der Waals surface area contributed by atoms with Crippen LogP contribution in [0.5, 0.6) is 17.2 Å². The summed E-state index contributed by atoms with van der Waals surface area (Å²) in [4.78, 5) is 25.7. The largest absolute Gasteiger partial charge is 0.497 e. The summed E-state index contributed by atoms with van der Waals surface area (Å²) in [6.45, 7) is 0. The topological polar surface area (TPSA) is 77.1 Å². The van der Waals surface area contributed by atoms with Crippen LogP contribution < -0.4 is 19.6 Å². The average Bonchev–Trinajstić information content (AvgIpc) is 3.00. The molecule has 156 valence electrons. The predicted octanol–water partition coefficient (Wildman–Crippen LogP) is 4.02. The van der Waals surface area contributed by atoms with Gasteiger partial charge in [0.15, 0.2) is 15.8 Å². The standard InChI is InChI=1S/C20H17BrN2O5S2/c1-26-13-6-4-12(5-7-13)18(24)22-23-19(25)16(30-20(23)29)10-11-8-14(21)17(28-3)15(9-11)27-2/h4-10H,1-3H3,(H,22,24)/b16-10+. The minimum absolute atomic E-state index is 0.229. The minimum Gasteiger partial charge on any atom is -0.497 e. The molecule has 0 spiro atoms. The molecule has 0 bridgehead atoms. The second-order valence-corrected chi connectivity index (χ2v) is 8.45. The van der Waals surface area contributed by atoms with E-state index in [2.05, 4.69) is 21.4 Å². The van der Waals surface area contributed by atoms with E-state index in [1.807, 2.05) is 0 Å². The number of benzene rings is 2. The molecule has 2 amide bonds. The molecule has 0 unspecified atom stereocenters. The maximum atomic E-state index is 12.8. The summed E-state index contributed by atoms with van der Waals surface area (Å²) < 4.78 is 16.6. The zero-order chi connectivity index (χ0) is 21.8.